The molecule has 0 aliphatic carbocycles. The first-order valence-electron chi connectivity index (χ1n) is 5.35. The number of hydrogen-bond donors (Lipinski definition) is 1. The van der Waals surface area contributed by atoms with E-state index in [0.717, 1.165) is 12.1 Å². The summed E-state index contributed by atoms with van der Waals surface area (Å²) in [6.07, 6.45) is 0. The number of morpholine rings is 1. The van der Waals surface area contributed by atoms with Crippen LogP contribution in [0, 0.1) is 5.82 Å². The predicted molar refractivity (Wildman–Crippen MR) is 58.8 cm³/mol. The van der Waals surface area contributed by atoms with Crippen molar-refractivity contribution in [3.63, 3.8) is 0 Å². The lowest BCUT2D eigenvalue weighted by molar-refractivity contribution is -0.0148. The van der Waals surface area contributed by atoms with Gasteiger partial charge in [-0.25, -0.2) is 4.39 Å². The van der Waals surface area contributed by atoms with Gasteiger partial charge in [-0.05, 0) is 17.7 Å². The van der Waals surface area contributed by atoms with E-state index < -0.39 is 5.54 Å². The van der Waals surface area contributed by atoms with Crippen molar-refractivity contribution >= 4 is 0 Å². The lowest BCUT2D eigenvalue weighted by Gasteiger charge is -2.38. The van der Waals surface area contributed by atoms with E-state index in [1.54, 1.807) is 13.2 Å². The molecule has 0 spiro atoms. The lowest BCUT2D eigenvalue weighted by Crippen LogP contribution is -2.54. The topological polar surface area (TPSA) is 30.5 Å². The third-order valence-electron chi connectivity index (χ3n) is 2.83. The van der Waals surface area contributed by atoms with E-state index in [0.29, 0.717) is 19.8 Å². The average Bonchev–Trinajstić information content (AvgIpc) is 2.31. The molecule has 1 N–H and O–H groups in total. The molecule has 3 nitrogen and oxygen atoms in total. The van der Waals surface area contributed by atoms with Crippen LogP contribution in [0.4, 0.5) is 4.39 Å². The van der Waals surface area contributed by atoms with Gasteiger partial charge in [0.1, 0.15) is 5.82 Å². The van der Waals surface area contributed by atoms with Gasteiger partial charge < -0.3 is 14.8 Å². The third kappa shape index (κ3) is 2.24. The third-order valence-corrected chi connectivity index (χ3v) is 2.83. The fourth-order valence-corrected chi connectivity index (χ4v) is 2.05. The minimum Gasteiger partial charge on any atom is -0.382 e. The second kappa shape index (κ2) is 4.91. The maximum Gasteiger partial charge on any atom is 0.123 e. The molecule has 1 aromatic rings. The molecule has 1 aliphatic rings. The van der Waals surface area contributed by atoms with Gasteiger partial charge in [-0.1, -0.05) is 12.1 Å². The largest absolute Gasteiger partial charge is 0.382 e. The van der Waals surface area contributed by atoms with Gasteiger partial charge in [-0.2, -0.15) is 0 Å². The standard InChI is InChI=1S/C12H16FNO2/c1-15-8-12(9-16-6-5-14-12)10-3-2-4-11(13)7-10/h2-4,7,14H,5-6,8-9H2,1H3. The smallest absolute Gasteiger partial charge is 0.123 e. The molecule has 1 heterocycles. The second-order valence-corrected chi connectivity index (χ2v) is 4.00. The summed E-state index contributed by atoms with van der Waals surface area (Å²) in [5.41, 5.74) is 0.448. The van der Waals surface area contributed by atoms with E-state index in [1.807, 2.05) is 6.07 Å². The van der Waals surface area contributed by atoms with Crippen LogP contribution in [0.5, 0.6) is 0 Å². The molecule has 4 heteroatoms. The first-order chi connectivity index (χ1) is 7.77. The predicted octanol–water partition coefficient (Wildman–Crippen LogP) is 1.29. The van der Waals surface area contributed by atoms with Crippen LogP contribution in [0.3, 0.4) is 0 Å². The molecule has 1 unspecified atom stereocenters. The summed E-state index contributed by atoms with van der Waals surface area (Å²) in [7, 11) is 1.64. The highest BCUT2D eigenvalue weighted by molar-refractivity contribution is 5.26. The molecule has 88 valence electrons. The van der Waals surface area contributed by atoms with E-state index in [-0.39, 0.29) is 5.82 Å². The molecule has 1 saturated heterocycles. The lowest BCUT2D eigenvalue weighted by atomic mass is 9.90. The summed E-state index contributed by atoms with van der Waals surface area (Å²) in [5, 5.41) is 3.36. The van der Waals surface area contributed by atoms with Crippen LogP contribution in [0.15, 0.2) is 24.3 Å². The normalized spacial score (nSPS) is 25.6. The number of methoxy groups -OCH3 is 1. The molecule has 2 rings (SSSR count). The highest BCUT2D eigenvalue weighted by atomic mass is 19.1. The van der Waals surface area contributed by atoms with E-state index in [2.05, 4.69) is 5.32 Å². The van der Waals surface area contributed by atoms with Crippen molar-refractivity contribution in [2.45, 2.75) is 5.54 Å². The number of halogens is 1. The van der Waals surface area contributed by atoms with Crippen LogP contribution in [-0.2, 0) is 15.0 Å². The van der Waals surface area contributed by atoms with Gasteiger partial charge in [0.25, 0.3) is 0 Å². The Bertz CT molecular complexity index is 345. The van der Waals surface area contributed by atoms with Gasteiger partial charge in [-0.15, -0.1) is 0 Å². The Balaban J connectivity index is 2.30. The number of benzene rings is 1. The Kier molecular flexibility index (Phi) is 3.53. The molecule has 0 saturated carbocycles. The Morgan fingerprint density at radius 1 is 1.56 bits per heavy atom. The molecule has 1 atom stereocenters. The highest BCUT2D eigenvalue weighted by Crippen LogP contribution is 2.24. The van der Waals surface area contributed by atoms with Crippen LogP contribution in [0.25, 0.3) is 0 Å². The minimum absolute atomic E-state index is 0.236. The van der Waals surface area contributed by atoms with Crippen LogP contribution < -0.4 is 5.32 Å². The fourth-order valence-electron chi connectivity index (χ4n) is 2.05. The number of hydrogen-bond acceptors (Lipinski definition) is 3. The van der Waals surface area contributed by atoms with Crippen LogP contribution in [-0.4, -0.2) is 33.5 Å². The first-order valence-corrected chi connectivity index (χ1v) is 5.35. The first kappa shape index (κ1) is 11.5. The van der Waals surface area contributed by atoms with E-state index >= 15 is 0 Å². The van der Waals surface area contributed by atoms with Crippen molar-refractivity contribution in [3.05, 3.63) is 35.6 Å². The van der Waals surface area contributed by atoms with E-state index in [1.165, 1.54) is 12.1 Å². The quantitative estimate of drug-likeness (QED) is 0.840. The number of ether oxygens (including phenoxy) is 2. The van der Waals surface area contributed by atoms with Gasteiger partial charge in [-0.3, -0.25) is 0 Å². The molecule has 1 aromatic carbocycles. The Morgan fingerprint density at radius 2 is 2.44 bits per heavy atom. The molecule has 16 heavy (non-hydrogen) atoms. The zero-order valence-electron chi connectivity index (χ0n) is 9.33. The van der Waals surface area contributed by atoms with Crippen molar-refractivity contribution < 1.29 is 13.9 Å². The molecule has 1 fully saturated rings. The van der Waals surface area contributed by atoms with Crippen molar-refractivity contribution in [2.75, 3.05) is 33.5 Å². The summed E-state index contributed by atoms with van der Waals surface area (Å²) < 4.78 is 23.9. The number of nitrogens with one attached hydrogen (secondary N) is 1. The fraction of sp³-hybridized carbons (Fsp3) is 0.500. The second-order valence-electron chi connectivity index (χ2n) is 4.00. The molecule has 0 radical (unpaired) electrons. The van der Waals surface area contributed by atoms with Gasteiger partial charge in [0, 0.05) is 13.7 Å². The number of rotatable bonds is 3. The van der Waals surface area contributed by atoms with Crippen molar-refractivity contribution in [1.82, 2.24) is 5.32 Å². The molecule has 0 aromatic heterocycles. The molecule has 0 amide bonds. The van der Waals surface area contributed by atoms with Gasteiger partial charge in [0.15, 0.2) is 0 Å². The monoisotopic (exact) mass is 225 g/mol. The summed E-state index contributed by atoms with van der Waals surface area (Å²) in [6, 6.07) is 6.57. The van der Waals surface area contributed by atoms with Crippen LogP contribution in [0.1, 0.15) is 5.56 Å². The van der Waals surface area contributed by atoms with Gasteiger partial charge >= 0.3 is 0 Å². The summed E-state index contributed by atoms with van der Waals surface area (Å²) >= 11 is 0. The van der Waals surface area contributed by atoms with Crippen LogP contribution >= 0.6 is 0 Å². The zero-order valence-corrected chi connectivity index (χ0v) is 9.33. The Labute approximate surface area is 94.6 Å². The molecular weight excluding hydrogens is 209 g/mol. The highest BCUT2D eigenvalue weighted by Gasteiger charge is 2.34. The van der Waals surface area contributed by atoms with Crippen molar-refractivity contribution in [3.8, 4) is 0 Å². The zero-order chi connectivity index (χ0) is 11.4. The minimum atomic E-state index is -0.422. The SMILES string of the molecule is COCC1(c2cccc(F)c2)COCCN1. The van der Waals surface area contributed by atoms with Crippen molar-refractivity contribution in [2.24, 2.45) is 0 Å². The van der Waals surface area contributed by atoms with Crippen molar-refractivity contribution in [1.29, 1.82) is 0 Å². The summed E-state index contributed by atoms with van der Waals surface area (Å²) in [4.78, 5) is 0. The Morgan fingerprint density at radius 3 is 3.06 bits per heavy atom. The van der Waals surface area contributed by atoms with E-state index in [4.69, 9.17) is 9.47 Å². The van der Waals surface area contributed by atoms with Gasteiger partial charge in [0.05, 0.1) is 25.4 Å². The summed E-state index contributed by atoms with van der Waals surface area (Å²) in [5.74, 6) is -0.236. The average molecular weight is 225 g/mol. The van der Waals surface area contributed by atoms with E-state index in [9.17, 15) is 4.39 Å². The molecular formula is C12H16FNO2. The molecule has 0 bridgehead atoms. The Hall–Kier alpha value is -0.970. The van der Waals surface area contributed by atoms with Crippen LogP contribution in [0.2, 0.25) is 0 Å². The maximum atomic E-state index is 13.2. The summed E-state index contributed by atoms with van der Waals surface area (Å²) in [6.45, 7) is 2.40. The molecule has 1 aliphatic heterocycles. The maximum absolute atomic E-state index is 13.2. The van der Waals surface area contributed by atoms with Gasteiger partial charge in [0.2, 0.25) is 0 Å².